The van der Waals surface area contributed by atoms with E-state index in [2.05, 4.69) is 5.32 Å². The molecule has 0 aliphatic rings. The Bertz CT molecular complexity index is 623. The maximum atomic E-state index is 13.2. The molecule has 0 heterocycles. The molecule has 0 aliphatic heterocycles. The number of halogens is 2. The van der Waals surface area contributed by atoms with Crippen LogP contribution in [-0.2, 0) is 0 Å². The van der Waals surface area contributed by atoms with Crippen molar-refractivity contribution in [2.75, 3.05) is 11.1 Å². The molecule has 0 spiro atoms. The van der Waals surface area contributed by atoms with Gasteiger partial charge < -0.3 is 11.1 Å². The van der Waals surface area contributed by atoms with E-state index in [0.717, 1.165) is 0 Å². The van der Waals surface area contributed by atoms with Crippen molar-refractivity contribution in [3.8, 4) is 0 Å². The van der Waals surface area contributed by atoms with E-state index in [1.54, 1.807) is 31.2 Å². The van der Waals surface area contributed by atoms with E-state index in [9.17, 15) is 9.18 Å². The highest BCUT2D eigenvalue weighted by Crippen LogP contribution is 2.28. The fourth-order valence-corrected chi connectivity index (χ4v) is 1.92. The quantitative estimate of drug-likeness (QED) is 0.824. The molecule has 3 nitrogen and oxygen atoms in total. The van der Waals surface area contributed by atoms with Gasteiger partial charge in [-0.05, 0) is 36.8 Å². The third-order valence-electron chi connectivity index (χ3n) is 2.73. The predicted molar refractivity (Wildman–Crippen MR) is 75.0 cm³/mol. The molecule has 0 fully saturated rings. The summed E-state index contributed by atoms with van der Waals surface area (Å²) in [5.74, 6) is -0.917. The molecule has 0 unspecified atom stereocenters. The lowest BCUT2D eigenvalue weighted by molar-refractivity contribution is 0.102. The van der Waals surface area contributed by atoms with Crippen LogP contribution in [-0.4, -0.2) is 5.91 Å². The van der Waals surface area contributed by atoms with Gasteiger partial charge in [0.1, 0.15) is 5.82 Å². The van der Waals surface area contributed by atoms with Crippen molar-refractivity contribution < 1.29 is 9.18 Å². The number of benzene rings is 2. The first kappa shape index (κ1) is 13.4. The van der Waals surface area contributed by atoms with Crippen LogP contribution in [0.5, 0.6) is 0 Å². The molecule has 0 radical (unpaired) electrons. The van der Waals surface area contributed by atoms with E-state index in [1.807, 2.05) is 0 Å². The van der Waals surface area contributed by atoms with Gasteiger partial charge in [-0.3, -0.25) is 4.79 Å². The maximum Gasteiger partial charge on any atom is 0.256 e. The van der Waals surface area contributed by atoms with Crippen LogP contribution >= 0.6 is 11.6 Å². The molecular formula is C14H12ClFN2O. The summed E-state index contributed by atoms with van der Waals surface area (Å²) in [6, 6.07) is 8.94. The van der Waals surface area contributed by atoms with Crippen molar-refractivity contribution >= 4 is 28.9 Å². The van der Waals surface area contributed by atoms with Crippen LogP contribution in [0.1, 0.15) is 15.9 Å². The first-order valence-corrected chi connectivity index (χ1v) is 5.98. The highest BCUT2D eigenvalue weighted by molar-refractivity contribution is 6.34. The second-order valence-electron chi connectivity index (χ2n) is 4.12. The monoisotopic (exact) mass is 278 g/mol. The Morgan fingerprint density at radius 3 is 2.74 bits per heavy atom. The normalized spacial score (nSPS) is 10.3. The Hall–Kier alpha value is -2.07. The molecule has 0 aromatic heterocycles. The molecule has 1 amide bonds. The summed E-state index contributed by atoms with van der Waals surface area (Å²) in [4.78, 5) is 12.1. The minimum absolute atomic E-state index is 0.249. The Morgan fingerprint density at radius 1 is 1.32 bits per heavy atom. The van der Waals surface area contributed by atoms with E-state index < -0.39 is 11.7 Å². The number of hydrogen-bond acceptors (Lipinski definition) is 2. The minimum Gasteiger partial charge on any atom is -0.397 e. The number of hydrogen-bond donors (Lipinski definition) is 2. The molecular weight excluding hydrogens is 267 g/mol. The second kappa shape index (κ2) is 5.28. The molecule has 98 valence electrons. The van der Waals surface area contributed by atoms with Gasteiger partial charge in [0, 0.05) is 5.56 Å². The fraction of sp³-hybridized carbons (Fsp3) is 0.0714. The number of nitrogens with two attached hydrogens (primary N) is 1. The Kier molecular flexibility index (Phi) is 3.71. The number of nitrogen functional groups attached to an aromatic ring is 1. The van der Waals surface area contributed by atoms with Crippen LogP contribution in [0.4, 0.5) is 15.8 Å². The summed E-state index contributed by atoms with van der Waals surface area (Å²) in [5, 5.41) is 2.94. The molecule has 0 saturated heterocycles. The van der Waals surface area contributed by atoms with E-state index in [0.29, 0.717) is 22.0 Å². The molecule has 2 aromatic carbocycles. The van der Waals surface area contributed by atoms with Gasteiger partial charge in [0.2, 0.25) is 0 Å². The first-order valence-electron chi connectivity index (χ1n) is 5.60. The van der Waals surface area contributed by atoms with Gasteiger partial charge in [-0.2, -0.15) is 0 Å². The number of aryl methyl sites for hydroxylation is 1. The van der Waals surface area contributed by atoms with Crippen molar-refractivity contribution in [2.24, 2.45) is 0 Å². The van der Waals surface area contributed by atoms with Gasteiger partial charge in [0.05, 0.1) is 16.4 Å². The topological polar surface area (TPSA) is 55.1 Å². The van der Waals surface area contributed by atoms with Crippen LogP contribution in [0.15, 0.2) is 36.4 Å². The standard InChI is InChI=1S/C14H12ClFN2O/c1-8-5-6-9(16)7-10(8)14(19)18-13-11(15)3-2-4-12(13)17/h2-7H,17H2,1H3,(H,18,19). The number of nitrogens with one attached hydrogen (secondary N) is 1. The average molecular weight is 279 g/mol. The molecule has 0 atom stereocenters. The van der Waals surface area contributed by atoms with Gasteiger partial charge >= 0.3 is 0 Å². The van der Waals surface area contributed by atoms with Crippen molar-refractivity contribution in [3.63, 3.8) is 0 Å². The van der Waals surface area contributed by atoms with Crippen molar-refractivity contribution in [3.05, 3.63) is 58.4 Å². The van der Waals surface area contributed by atoms with Gasteiger partial charge in [-0.25, -0.2) is 4.39 Å². The summed E-state index contributed by atoms with van der Waals surface area (Å²) in [6.07, 6.45) is 0. The predicted octanol–water partition coefficient (Wildman–Crippen LogP) is 3.62. The Balaban J connectivity index is 2.34. The van der Waals surface area contributed by atoms with E-state index in [-0.39, 0.29) is 5.56 Å². The van der Waals surface area contributed by atoms with Gasteiger partial charge in [0.25, 0.3) is 5.91 Å². The number of carbonyl (C=O) groups excluding carboxylic acids is 1. The third kappa shape index (κ3) is 2.85. The zero-order valence-corrected chi connectivity index (χ0v) is 11.0. The molecule has 0 aliphatic carbocycles. The molecule has 19 heavy (non-hydrogen) atoms. The number of rotatable bonds is 2. The lowest BCUT2D eigenvalue weighted by Gasteiger charge is -2.11. The van der Waals surface area contributed by atoms with Crippen LogP contribution < -0.4 is 11.1 Å². The maximum absolute atomic E-state index is 13.2. The van der Waals surface area contributed by atoms with E-state index >= 15 is 0 Å². The van der Waals surface area contributed by atoms with Crippen molar-refractivity contribution in [2.45, 2.75) is 6.92 Å². The lowest BCUT2D eigenvalue weighted by Crippen LogP contribution is -2.15. The smallest absolute Gasteiger partial charge is 0.256 e. The molecule has 5 heteroatoms. The zero-order valence-electron chi connectivity index (χ0n) is 10.2. The number of anilines is 2. The molecule has 3 N–H and O–H groups in total. The largest absolute Gasteiger partial charge is 0.397 e. The van der Waals surface area contributed by atoms with Crippen LogP contribution in [0.25, 0.3) is 0 Å². The van der Waals surface area contributed by atoms with Crippen molar-refractivity contribution in [1.82, 2.24) is 0 Å². The number of carbonyl (C=O) groups is 1. The van der Waals surface area contributed by atoms with E-state index in [4.69, 9.17) is 17.3 Å². The highest BCUT2D eigenvalue weighted by Gasteiger charge is 2.13. The fourth-order valence-electron chi connectivity index (χ4n) is 1.69. The number of amides is 1. The molecule has 0 saturated carbocycles. The summed E-state index contributed by atoms with van der Waals surface area (Å²) in [5.41, 5.74) is 7.35. The third-order valence-corrected chi connectivity index (χ3v) is 3.04. The summed E-state index contributed by atoms with van der Waals surface area (Å²) >= 11 is 5.96. The zero-order chi connectivity index (χ0) is 14.0. The molecule has 2 aromatic rings. The Labute approximate surface area is 115 Å². The number of para-hydroxylation sites is 1. The van der Waals surface area contributed by atoms with Gasteiger partial charge in [0.15, 0.2) is 0 Å². The SMILES string of the molecule is Cc1ccc(F)cc1C(=O)Nc1c(N)cccc1Cl. The second-order valence-corrected chi connectivity index (χ2v) is 4.52. The van der Waals surface area contributed by atoms with Crippen LogP contribution in [0.3, 0.4) is 0 Å². The lowest BCUT2D eigenvalue weighted by atomic mass is 10.1. The van der Waals surface area contributed by atoms with Crippen molar-refractivity contribution in [1.29, 1.82) is 0 Å². The minimum atomic E-state index is -0.470. The highest BCUT2D eigenvalue weighted by atomic mass is 35.5. The Morgan fingerprint density at radius 2 is 2.05 bits per heavy atom. The summed E-state index contributed by atoms with van der Waals surface area (Å²) < 4.78 is 13.2. The first-order chi connectivity index (χ1) is 8.99. The van der Waals surface area contributed by atoms with Crippen LogP contribution in [0, 0.1) is 12.7 Å². The molecule has 2 rings (SSSR count). The summed E-state index contributed by atoms with van der Waals surface area (Å²) in [7, 11) is 0. The molecule has 0 bridgehead atoms. The average Bonchev–Trinajstić information content (AvgIpc) is 2.37. The van der Waals surface area contributed by atoms with Gasteiger partial charge in [-0.15, -0.1) is 0 Å². The summed E-state index contributed by atoms with van der Waals surface area (Å²) in [6.45, 7) is 1.73. The van der Waals surface area contributed by atoms with Crippen LogP contribution in [0.2, 0.25) is 5.02 Å². The van der Waals surface area contributed by atoms with Gasteiger partial charge in [-0.1, -0.05) is 23.7 Å². The van der Waals surface area contributed by atoms with E-state index in [1.165, 1.54) is 12.1 Å².